The van der Waals surface area contributed by atoms with E-state index in [0.717, 1.165) is 6.07 Å². The molecular weight excluding hydrogens is 269 g/mol. The number of nitrogens with zero attached hydrogens (tertiary/aromatic N) is 1. The van der Waals surface area contributed by atoms with E-state index < -0.39 is 11.6 Å². The Morgan fingerprint density at radius 2 is 1.76 bits per heavy atom. The molecule has 0 bridgehead atoms. The molecule has 0 aliphatic carbocycles. The summed E-state index contributed by atoms with van der Waals surface area (Å²) in [5, 5.41) is 3.01. The highest BCUT2D eigenvalue weighted by atomic mass is 35.5. The Balaban J connectivity index is 2.34. The molecule has 1 aromatic carbocycles. The van der Waals surface area contributed by atoms with Gasteiger partial charge in [-0.3, -0.25) is 0 Å². The molecule has 2 aromatic rings. The molecule has 0 aliphatic rings. The second kappa shape index (κ2) is 4.85. The minimum absolute atomic E-state index is 0.0474. The summed E-state index contributed by atoms with van der Waals surface area (Å²) in [6.45, 7) is 0. The van der Waals surface area contributed by atoms with Crippen LogP contribution >= 0.6 is 23.2 Å². The molecule has 17 heavy (non-hydrogen) atoms. The molecular formula is C11H6Cl2F2N2. The molecule has 2 rings (SSSR count). The molecule has 88 valence electrons. The lowest BCUT2D eigenvalue weighted by Gasteiger charge is -2.08. The van der Waals surface area contributed by atoms with Crippen molar-refractivity contribution in [2.24, 2.45) is 0 Å². The van der Waals surface area contributed by atoms with E-state index in [2.05, 4.69) is 10.3 Å². The first-order valence-electron chi connectivity index (χ1n) is 4.59. The summed E-state index contributed by atoms with van der Waals surface area (Å²) in [7, 11) is 0. The summed E-state index contributed by atoms with van der Waals surface area (Å²) in [4.78, 5) is 3.72. The highest BCUT2D eigenvalue weighted by Gasteiger charge is 2.08. The Kier molecular flexibility index (Phi) is 3.45. The van der Waals surface area contributed by atoms with Crippen LogP contribution in [-0.4, -0.2) is 4.98 Å². The lowest BCUT2D eigenvalue weighted by molar-refractivity contribution is 0.621. The van der Waals surface area contributed by atoms with Crippen LogP contribution in [0.25, 0.3) is 0 Å². The van der Waals surface area contributed by atoms with Crippen LogP contribution in [0.4, 0.5) is 20.3 Å². The van der Waals surface area contributed by atoms with E-state index in [1.807, 2.05) is 0 Å². The smallest absolute Gasteiger partial charge is 0.167 e. The summed E-state index contributed by atoms with van der Waals surface area (Å²) in [5.41, 5.74) is 0.0474. The van der Waals surface area contributed by atoms with Crippen molar-refractivity contribution in [3.8, 4) is 0 Å². The van der Waals surface area contributed by atoms with E-state index in [1.54, 1.807) is 0 Å². The number of anilines is 2. The predicted octanol–water partition coefficient (Wildman–Crippen LogP) is 4.41. The summed E-state index contributed by atoms with van der Waals surface area (Å²) in [5.74, 6) is -1.34. The van der Waals surface area contributed by atoms with Crippen LogP contribution in [0.5, 0.6) is 0 Å². The van der Waals surface area contributed by atoms with Crippen LogP contribution in [-0.2, 0) is 0 Å². The van der Waals surface area contributed by atoms with Gasteiger partial charge in [-0.15, -0.1) is 0 Å². The van der Waals surface area contributed by atoms with Gasteiger partial charge in [0.25, 0.3) is 0 Å². The maximum atomic E-state index is 13.4. The topological polar surface area (TPSA) is 24.9 Å². The van der Waals surface area contributed by atoms with Gasteiger partial charge in [0.15, 0.2) is 11.6 Å². The van der Waals surface area contributed by atoms with E-state index in [0.29, 0.717) is 5.02 Å². The fourth-order valence-electron chi connectivity index (χ4n) is 1.23. The van der Waals surface area contributed by atoms with Crippen molar-refractivity contribution >= 4 is 34.7 Å². The van der Waals surface area contributed by atoms with Crippen LogP contribution < -0.4 is 5.32 Å². The third-order valence-electron chi connectivity index (χ3n) is 1.99. The number of benzene rings is 1. The van der Waals surface area contributed by atoms with Gasteiger partial charge in [0, 0.05) is 11.2 Å². The van der Waals surface area contributed by atoms with Crippen LogP contribution in [0.2, 0.25) is 10.0 Å². The SMILES string of the molecule is Fc1ccc(Cl)cc1Nc1ncc(Cl)cc1F. The zero-order valence-corrected chi connectivity index (χ0v) is 9.86. The zero-order valence-electron chi connectivity index (χ0n) is 8.35. The average Bonchev–Trinajstić information content (AvgIpc) is 2.27. The molecule has 0 unspecified atom stereocenters. The molecule has 0 amide bonds. The maximum Gasteiger partial charge on any atom is 0.167 e. The number of hydrogen-bond donors (Lipinski definition) is 1. The van der Waals surface area contributed by atoms with E-state index in [1.165, 1.54) is 24.4 Å². The lowest BCUT2D eigenvalue weighted by atomic mass is 10.3. The lowest BCUT2D eigenvalue weighted by Crippen LogP contribution is -1.99. The van der Waals surface area contributed by atoms with Crippen molar-refractivity contribution in [2.75, 3.05) is 5.32 Å². The molecule has 0 spiro atoms. The number of hydrogen-bond acceptors (Lipinski definition) is 2. The summed E-state index contributed by atoms with van der Waals surface area (Å²) in [6, 6.07) is 5.00. The molecule has 1 N–H and O–H groups in total. The fourth-order valence-corrected chi connectivity index (χ4v) is 1.54. The van der Waals surface area contributed by atoms with Gasteiger partial charge >= 0.3 is 0 Å². The third kappa shape index (κ3) is 2.84. The largest absolute Gasteiger partial charge is 0.335 e. The number of pyridine rings is 1. The Hall–Kier alpha value is -1.39. The number of aromatic nitrogens is 1. The van der Waals surface area contributed by atoms with E-state index in [4.69, 9.17) is 23.2 Å². The monoisotopic (exact) mass is 274 g/mol. The standard InChI is InChI=1S/C11H6Cl2F2N2/c12-6-1-2-8(14)10(4-6)17-11-9(15)3-7(13)5-16-11/h1-5H,(H,16,17). The predicted molar refractivity (Wildman–Crippen MR) is 63.9 cm³/mol. The second-order valence-electron chi connectivity index (χ2n) is 3.23. The quantitative estimate of drug-likeness (QED) is 0.878. The van der Waals surface area contributed by atoms with Gasteiger partial charge in [0.2, 0.25) is 0 Å². The summed E-state index contributed by atoms with van der Waals surface area (Å²) in [6.07, 6.45) is 1.26. The highest BCUT2D eigenvalue weighted by Crippen LogP contribution is 2.24. The van der Waals surface area contributed by atoms with Crippen molar-refractivity contribution in [1.29, 1.82) is 0 Å². The molecule has 2 nitrogen and oxygen atoms in total. The number of nitrogens with one attached hydrogen (secondary N) is 1. The molecule has 0 radical (unpaired) electrons. The molecule has 0 atom stereocenters. The molecule has 0 saturated carbocycles. The average molecular weight is 275 g/mol. The van der Waals surface area contributed by atoms with Gasteiger partial charge in [-0.1, -0.05) is 23.2 Å². The molecule has 6 heteroatoms. The first kappa shape index (κ1) is 12.1. The normalized spacial score (nSPS) is 10.4. The van der Waals surface area contributed by atoms with Crippen LogP contribution in [0, 0.1) is 11.6 Å². The van der Waals surface area contributed by atoms with Gasteiger partial charge in [0.05, 0.1) is 10.7 Å². The minimum Gasteiger partial charge on any atom is -0.335 e. The van der Waals surface area contributed by atoms with Crippen molar-refractivity contribution in [1.82, 2.24) is 4.98 Å². The van der Waals surface area contributed by atoms with Crippen molar-refractivity contribution in [2.45, 2.75) is 0 Å². The van der Waals surface area contributed by atoms with Gasteiger partial charge < -0.3 is 5.32 Å². The fraction of sp³-hybridized carbons (Fsp3) is 0. The van der Waals surface area contributed by atoms with Gasteiger partial charge in [-0.2, -0.15) is 0 Å². The van der Waals surface area contributed by atoms with E-state index in [9.17, 15) is 8.78 Å². The summed E-state index contributed by atoms with van der Waals surface area (Å²) < 4.78 is 26.8. The molecule has 1 aromatic heterocycles. The minimum atomic E-state index is -0.670. The molecule has 0 aliphatic heterocycles. The zero-order chi connectivity index (χ0) is 12.4. The Bertz CT molecular complexity index is 561. The highest BCUT2D eigenvalue weighted by molar-refractivity contribution is 6.31. The molecule has 1 heterocycles. The van der Waals surface area contributed by atoms with Crippen molar-refractivity contribution in [3.05, 3.63) is 52.1 Å². The van der Waals surface area contributed by atoms with Crippen LogP contribution in [0.15, 0.2) is 30.5 Å². The van der Waals surface area contributed by atoms with Crippen LogP contribution in [0.3, 0.4) is 0 Å². The third-order valence-corrected chi connectivity index (χ3v) is 2.43. The van der Waals surface area contributed by atoms with E-state index >= 15 is 0 Å². The first-order valence-corrected chi connectivity index (χ1v) is 5.35. The second-order valence-corrected chi connectivity index (χ2v) is 4.11. The van der Waals surface area contributed by atoms with Gasteiger partial charge in [0.1, 0.15) is 5.82 Å². The Morgan fingerprint density at radius 1 is 1.00 bits per heavy atom. The Labute approximate surface area is 106 Å². The number of rotatable bonds is 2. The first-order chi connectivity index (χ1) is 8.06. The van der Waals surface area contributed by atoms with Crippen LogP contribution in [0.1, 0.15) is 0 Å². The van der Waals surface area contributed by atoms with Gasteiger partial charge in [-0.25, -0.2) is 13.8 Å². The molecule has 0 saturated heterocycles. The Morgan fingerprint density at radius 3 is 2.47 bits per heavy atom. The number of halogens is 4. The van der Waals surface area contributed by atoms with Gasteiger partial charge in [-0.05, 0) is 24.3 Å². The summed E-state index contributed by atoms with van der Waals surface area (Å²) >= 11 is 11.3. The van der Waals surface area contributed by atoms with Crippen molar-refractivity contribution < 1.29 is 8.78 Å². The maximum absolute atomic E-state index is 13.4. The molecule has 0 fully saturated rings. The van der Waals surface area contributed by atoms with E-state index in [-0.39, 0.29) is 16.5 Å². The van der Waals surface area contributed by atoms with Crippen molar-refractivity contribution in [3.63, 3.8) is 0 Å².